The lowest BCUT2D eigenvalue weighted by molar-refractivity contribution is -0.158. The molecule has 1 aromatic carbocycles. The molecule has 0 bridgehead atoms. The zero-order valence-corrected chi connectivity index (χ0v) is 14.1. The molecule has 0 spiro atoms. The first-order valence-corrected chi connectivity index (χ1v) is 8.08. The van der Waals surface area contributed by atoms with Crippen LogP contribution in [0, 0.1) is 5.92 Å². The molecule has 1 saturated heterocycles. The van der Waals surface area contributed by atoms with Gasteiger partial charge in [0.2, 0.25) is 0 Å². The highest BCUT2D eigenvalue weighted by atomic mass is 16.5. The molecule has 1 amide bonds. The van der Waals surface area contributed by atoms with Crippen LogP contribution in [0.2, 0.25) is 0 Å². The van der Waals surface area contributed by atoms with E-state index in [1.165, 1.54) is 12.5 Å². The monoisotopic (exact) mass is 319 g/mol. The Morgan fingerprint density at radius 2 is 1.83 bits per heavy atom. The molecule has 1 atom stereocenters. The molecule has 1 heterocycles. The summed E-state index contributed by atoms with van der Waals surface area (Å²) in [5.41, 5.74) is 1.30. The Bertz CT molecular complexity index is 532. The van der Waals surface area contributed by atoms with Gasteiger partial charge in [-0.1, -0.05) is 12.1 Å². The number of carbonyl (C=O) groups is 2. The summed E-state index contributed by atoms with van der Waals surface area (Å²) in [4.78, 5) is 24.9. The molecule has 1 aromatic rings. The molecule has 1 aliphatic heterocycles. The van der Waals surface area contributed by atoms with Crippen molar-refractivity contribution >= 4 is 11.9 Å². The van der Waals surface area contributed by atoms with Gasteiger partial charge in [-0.25, -0.2) is 0 Å². The maximum Gasteiger partial charge on any atom is 0.303 e. The molecule has 1 aliphatic rings. The zero-order valence-electron chi connectivity index (χ0n) is 14.1. The van der Waals surface area contributed by atoms with Gasteiger partial charge in [-0.05, 0) is 49.8 Å². The van der Waals surface area contributed by atoms with Gasteiger partial charge in [0.05, 0.1) is 7.11 Å². The summed E-state index contributed by atoms with van der Waals surface area (Å²) in [6.07, 6.45) is 2.28. The highest BCUT2D eigenvalue weighted by molar-refractivity contribution is 5.83. The standard InChI is InChI=1S/C18H25NO4/c1-13(23-14(2)20)18(21)19-10-8-16(9-11-19)12-15-4-6-17(22-3)7-5-15/h4-7,13,16H,8-12H2,1-3H3/t13-/m0/s1. The second-order valence-electron chi connectivity index (χ2n) is 6.07. The van der Waals surface area contributed by atoms with E-state index in [1.807, 2.05) is 12.1 Å². The average molecular weight is 319 g/mol. The lowest BCUT2D eigenvalue weighted by Gasteiger charge is -2.33. The fourth-order valence-corrected chi connectivity index (χ4v) is 3.01. The largest absolute Gasteiger partial charge is 0.497 e. The summed E-state index contributed by atoms with van der Waals surface area (Å²) in [6, 6.07) is 8.15. The number of methoxy groups -OCH3 is 1. The fraction of sp³-hybridized carbons (Fsp3) is 0.556. The van der Waals surface area contributed by atoms with Gasteiger partial charge in [0.1, 0.15) is 5.75 Å². The second kappa shape index (κ2) is 7.99. The van der Waals surface area contributed by atoms with Crippen molar-refractivity contribution in [3.05, 3.63) is 29.8 Å². The number of likely N-dealkylation sites (tertiary alicyclic amines) is 1. The Balaban J connectivity index is 1.81. The third kappa shape index (κ3) is 4.98. The van der Waals surface area contributed by atoms with Crippen molar-refractivity contribution < 1.29 is 19.1 Å². The summed E-state index contributed by atoms with van der Waals surface area (Å²) in [5.74, 6) is 0.938. The summed E-state index contributed by atoms with van der Waals surface area (Å²) in [6.45, 7) is 4.41. The number of ether oxygens (including phenoxy) is 2. The number of esters is 1. The SMILES string of the molecule is COc1ccc(CC2CCN(C(=O)[C@H](C)OC(C)=O)CC2)cc1. The van der Waals surface area contributed by atoms with Gasteiger partial charge < -0.3 is 14.4 Å². The van der Waals surface area contributed by atoms with Crippen molar-refractivity contribution in [1.82, 2.24) is 4.90 Å². The summed E-state index contributed by atoms with van der Waals surface area (Å²) < 4.78 is 10.1. The van der Waals surface area contributed by atoms with Gasteiger partial charge in [-0.3, -0.25) is 9.59 Å². The fourth-order valence-electron chi connectivity index (χ4n) is 3.01. The minimum Gasteiger partial charge on any atom is -0.497 e. The topological polar surface area (TPSA) is 55.8 Å². The average Bonchev–Trinajstić information content (AvgIpc) is 2.55. The number of nitrogens with zero attached hydrogens (tertiary/aromatic N) is 1. The van der Waals surface area contributed by atoms with Crippen LogP contribution in [0.5, 0.6) is 5.75 Å². The Labute approximate surface area is 137 Å². The van der Waals surface area contributed by atoms with E-state index in [-0.39, 0.29) is 5.91 Å². The molecule has 23 heavy (non-hydrogen) atoms. The van der Waals surface area contributed by atoms with E-state index < -0.39 is 12.1 Å². The van der Waals surface area contributed by atoms with E-state index in [4.69, 9.17) is 9.47 Å². The number of hydrogen-bond acceptors (Lipinski definition) is 4. The first kappa shape index (κ1) is 17.3. The Hall–Kier alpha value is -2.04. The molecule has 0 unspecified atom stereocenters. The van der Waals surface area contributed by atoms with Gasteiger partial charge in [-0.2, -0.15) is 0 Å². The van der Waals surface area contributed by atoms with Crippen molar-refractivity contribution in [1.29, 1.82) is 0 Å². The predicted octanol–water partition coefficient (Wildman–Crippen LogP) is 2.43. The predicted molar refractivity (Wildman–Crippen MR) is 87.2 cm³/mol. The third-order valence-electron chi connectivity index (χ3n) is 4.30. The number of benzene rings is 1. The maximum atomic E-state index is 12.2. The van der Waals surface area contributed by atoms with Gasteiger partial charge in [0.15, 0.2) is 6.10 Å². The minimum absolute atomic E-state index is 0.0944. The van der Waals surface area contributed by atoms with Gasteiger partial charge >= 0.3 is 5.97 Å². The van der Waals surface area contributed by atoms with Crippen LogP contribution >= 0.6 is 0 Å². The Morgan fingerprint density at radius 3 is 2.35 bits per heavy atom. The quantitative estimate of drug-likeness (QED) is 0.782. The molecule has 2 rings (SSSR count). The number of carbonyl (C=O) groups excluding carboxylic acids is 2. The van der Waals surface area contributed by atoms with Crippen LogP contribution < -0.4 is 4.74 Å². The van der Waals surface area contributed by atoms with Crippen LogP contribution in [-0.4, -0.2) is 43.1 Å². The number of piperidine rings is 1. The molecule has 126 valence electrons. The first-order valence-electron chi connectivity index (χ1n) is 8.08. The van der Waals surface area contributed by atoms with Crippen molar-refractivity contribution in [3.63, 3.8) is 0 Å². The van der Waals surface area contributed by atoms with Crippen LogP contribution in [-0.2, 0) is 20.7 Å². The van der Waals surface area contributed by atoms with E-state index in [0.29, 0.717) is 5.92 Å². The smallest absolute Gasteiger partial charge is 0.303 e. The van der Waals surface area contributed by atoms with Crippen LogP contribution in [0.25, 0.3) is 0 Å². The highest BCUT2D eigenvalue weighted by Crippen LogP contribution is 2.23. The van der Waals surface area contributed by atoms with Crippen LogP contribution in [0.3, 0.4) is 0 Å². The van der Waals surface area contributed by atoms with E-state index in [2.05, 4.69) is 12.1 Å². The summed E-state index contributed by atoms with van der Waals surface area (Å²) in [5, 5.41) is 0. The highest BCUT2D eigenvalue weighted by Gasteiger charge is 2.27. The molecule has 5 heteroatoms. The number of hydrogen-bond donors (Lipinski definition) is 0. The van der Waals surface area contributed by atoms with Crippen LogP contribution in [0.4, 0.5) is 0 Å². The molecular weight excluding hydrogens is 294 g/mol. The zero-order chi connectivity index (χ0) is 16.8. The van der Waals surface area contributed by atoms with Crippen molar-refractivity contribution in [3.8, 4) is 5.75 Å². The van der Waals surface area contributed by atoms with Gasteiger partial charge in [0, 0.05) is 20.0 Å². The molecule has 0 radical (unpaired) electrons. The summed E-state index contributed by atoms with van der Waals surface area (Å²) in [7, 11) is 1.67. The van der Waals surface area contributed by atoms with Crippen molar-refractivity contribution in [2.24, 2.45) is 5.92 Å². The van der Waals surface area contributed by atoms with E-state index in [9.17, 15) is 9.59 Å². The van der Waals surface area contributed by atoms with E-state index in [1.54, 1.807) is 18.9 Å². The van der Waals surface area contributed by atoms with E-state index >= 15 is 0 Å². The molecule has 0 saturated carbocycles. The van der Waals surface area contributed by atoms with Gasteiger partial charge in [-0.15, -0.1) is 0 Å². The molecular formula is C18H25NO4. The molecule has 0 N–H and O–H groups in total. The van der Waals surface area contributed by atoms with Crippen LogP contribution in [0.1, 0.15) is 32.3 Å². The van der Waals surface area contributed by atoms with Crippen LogP contribution in [0.15, 0.2) is 24.3 Å². The van der Waals surface area contributed by atoms with Crippen molar-refractivity contribution in [2.45, 2.75) is 39.2 Å². The van der Waals surface area contributed by atoms with E-state index in [0.717, 1.165) is 38.1 Å². The molecule has 0 aromatic heterocycles. The second-order valence-corrected chi connectivity index (χ2v) is 6.07. The minimum atomic E-state index is -0.689. The third-order valence-corrected chi connectivity index (χ3v) is 4.30. The molecule has 5 nitrogen and oxygen atoms in total. The lowest BCUT2D eigenvalue weighted by atomic mass is 9.90. The normalized spacial score (nSPS) is 16.7. The lowest BCUT2D eigenvalue weighted by Crippen LogP contribution is -2.44. The summed E-state index contributed by atoms with van der Waals surface area (Å²) >= 11 is 0. The number of amides is 1. The Morgan fingerprint density at radius 1 is 1.22 bits per heavy atom. The van der Waals surface area contributed by atoms with Crippen molar-refractivity contribution in [2.75, 3.05) is 20.2 Å². The van der Waals surface area contributed by atoms with Gasteiger partial charge in [0.25, 0.3) is 5.91 Å². The first-order chi connectivity index (χ1) is 11.0. The number of rotatable bonds is 5. The molecule has 0 aliphatic carbocycles. The Kier molecular flexibility index (Phi) is 6.02. The maximum absolute atomic E-state index is 12.2. The molecule has 1 fully saturated rings.